The fourth-order valence-corrected chi connectivity index (χ4v) is 4.58. The van der Waals surface area contributed by atoms with Gasteiger partial charge in [-0.15, -0.1) is 10.2 Å². The summed E-state index contributed by atoms with van der Waals surface area (Å²) in [4.78, 5) is 16.2. The quantitative estimate of drug-likeness (QED) is 0.560. The van der Waals surface area contributed by atoms with Gasteiger partial charge in [-0.1, -0.05) is 18.2 Å². The van der Waals surface area contributed by atoms with E-state index in [-0.39, 0.29) is 5.75 Å². The second-order valence-electron chi connectivity index (χ2n) is 9.16. The van der Waals surface area contributed by atoms with Crippen LogP contribution in [-0.4, -0.2) is 75.5 Å². The van der Waals surface area contributed by atoms with Crippen LogP contribution < -0.4 is 15.5 Å². The van der Waals surface area contributed by atoms with Gasteiger partial charge in [0, 0.05) is 44.0 Å². The number of hydrogen-bond donors (Lipinski definition) is 2. The summed E-state index contributed by atoms with van der Waals surface area (Å²) in [6.07, 6.45) is 8.23. The summed E-state index contributed by atoms with van der Waals surface area (Å²) in [6.45, 7) is 7.94. The van der Waals surface area contributed by atoms with Crippen molar-refractivity contribution in [3.05, 3.63) is 54.5 Å². The van der Waals surface area contributed by atoms with E-state index >= 15 is 0 Å². The lowest BCUT2D eigenvalue weighted by atomic mass is 10.1. The molecule has 1 atom stereocenters. The number of para-hydroxylation sites is 1. The summed E-state index contributed by atoms with van der Waals surface area (Å²) in [5, 5.41) is 18.7. The van der Waals surface area contributed by atoms with Crippen molar-refractivity contribution in [3.8, 4) is 17.0 Å². The fourth-order valence-electron chi connectivity index (χ4n) is 4.58. The van der Waals surface area contributed by atoms with E-state index in [1.54, 1.807) is 12.1 Å². The molecule has 0 bridgehead atoms. The van der Waals surface area contributed by atoms with Crippen molar-refractivity contribution in [1.82, 2.24) is 25.1 Å². The van der Waals surface area contributed by atoms with Gasteiger partial charge >= 0.3 is 0 Å². The molecule has 9 heteroatoms. The molecule has 0 radical (unpaired) electrons. The van der Waals surface area contributed by atoms with Crippen molar-refractivity contribution < 1.29 is 5.11 Å². The lowest BCUT2D eigenvalue weighted by molar-refractivity contribution is 0.203. The highest BCUT2D eigenvalue weighted by Gasteiger charge is 2.24. The molecule has 1 aromatic carbocycles. The molecular weight excluding hydrogens is 440 g/mol. The second kappa shape index (κ2) is 10.3. The number of benzene rings is 1. The van der Waals surface area contributed by atoms with Crippen molar-refractivity contribution in [2.45, 2.75) is 25.8 Å². The summed E-state index contributed by atoms with van der Waals surface area (Å²) < 4.78 is 0. The molecule has 3 aromatic rings. The van der Waals surface area contributed by atoms with Gasteiger partial charge in [0.05, 0.1) is 11.4 Å². The number of hydrogen-bond acceptors (Lipinski definition) is 9. The van der Waals surface area contributed by atoms with Crippen LogP contribution in [0.25, 0.3) is 17.3 Å². The molecule has 5 rings (SSSR count). The molecule has 182 valence electrons. The van der Waals surface area contributed by atoms with Gasteiger partial charge in [0.15, 0.2) is 11.6 Å². The van der Waals surface area contributed by atoms with Crippen LogP contribution >= 0.6 is 0 Å². The van der Waals surface area contributed by atoms with E-state index in [1.807, 2.05) is 36.5 Å². The average Bonchev–Trinajstić information content (AvgIpc) is 3.03. The molecule has 9 nitrogen and oxygen atoms in total. The third-order valence-electron chi connectivity index (χ3n) is 6.81. The molecule has 2 saturated heterocycles. The molecule has 0 saturated carbocycles. The monoisotopic (exact) mass is 472 g/mol. The number of likely N-dealkylation sites (tertiary alicyclic amines) is 1. The predicted molar refractivity (Wildman–Crippen MR) is 139 cm³/mol. The second-order valence-corrected chi connectivity index (χ2v) is 9.16. The summed E-state index contributed by atoms with van der Waals surface area (Å²) in [7, 11) is 0. The molecule has 4 heterocycles. The topological polar surface area (TPSA) is 108 Å². The van der Waals surface area contributed by atoms with E-state index < -0.39 is 0 Å². The Labute approximate surface area is 205 Å². The zero-order chi connectivity index (χ0) is 24.2. The zero-order valence-electron chi connectivity index (χ0n) is 20.1. The Morgan fingerprint density at radius 2 is 1.94 bits per heavy atom. The summed E-state index contributed by atoms with van der Waals surface area (Å²) in [6, 6.07) is 11.3. The first-order chi connectivity index (χ1) is 17.1. The maximum Gasteiger partial charge on any atom is 0.169 e. The van der Waals surface area contributed by atoms with E-state index in [0.717, 1.165) is 49.9 Å². The van der Waals surface area contributed by atoms with Crippen LogP contribution in [-0.2, 0) is 0 Å². The number of nitrogens with zero attached hydrogens (tertiary/aromatic N) is 7. The highest BCUT2D eigenvalue weighted by molar-refractivity contribution is 5.74. The summed E-state index contributed by atoms with van der Waals surface area (Å²) >= 11 is 0. The maximum atomic E-state index is 10.3. The first-order valence-electron chi connectivity index (χ1n) is 12.2. The van der Waals surface area contributed by atoms with Crippen LogP contribution in [0.2, 0.25) is 0 Å². The largest absolute Gasteiger partial charge is 0.507 e. The van der Waals surface area contributed by atoms with Gasteiger partial charge in [-0.3, -0.25) is 4.90 Å². The number of phenolic OH excluding ortho intramolecular Hbond substituents is 1. The predicted octanol–water partition coefficient (Wildman–Crippen LogP) is 3.05. The molecule has 2 aromatic heterocycles. The van der Waals surface area contributed by atoms with Gasteiger partial charge in [-0.25, -0.2) is 9.97 Å². The molecule has 3 N–H and O–H groups in total. The molecular formula is C26H32N8O. The van der Waals surface area contributed by atoms with Crippen LogP contribution in [0.15, 0.2) is 48.7 Å². The number of nitrogen functional groups attached to an aromatic ring is 1. The SMILES string of the molecule is C[C@H]1CCN(c2cc(-c3ccccc3O)nnc2N)CCN1c1ccnc(/C=C/CN2CCC2)n1. The smallest absolute Gasteiger partial charge is 0.169 e. The normalized spacial score (nSPS) is 19.1. The number of aromatic nitrogens is 4. The van der Waals surface area contributed by atoms with E-state index in [9.17, 15) is 5.11 Å². The minimum absolute atomic E-state index is 0.173. The van der Waals surface area contributed by atoms with E-state index in [1.165, 1.54) is 19.5 Å². The number of rotatable bonds is 6. The van der Waals surface area contributed by atoms with Crippen LogP contribution in [0.3, 0.4) is 0 Å². The van der Waals surface area contributed by atoms with Gasteiger partial charge < -0.3 is 20.6 Å². The number of phenols is 1. The highest BCUT2D eigenvalue weighted by Crippen LogP contribution is 2.32. The zero-order valence-corrected chi connectivity index (χ0v) is 20.1. The van der Waals surface area contributed by atoms with Crippen LogP contribution in [0, 0.1) is 0 Å². The Bertz CT molecular complexity index is 1200. The minimum Gasteiger partial charge on any atom is -0.507 e. The van der Waals surface area contributed by atoms with Crippen LogP contribution in [0.4, 0.5) is 17.3 Å². The molecule has 0 unspecified atom stereocenters. The Kier molecular flexibility index (Phi) is 6.76. The van der Waals surface area contributed by atoms with E-state index in [2.05, 4.69) is 42.9 Å². The first-order valence-corrected chi connectivity index (χ1v) is 12.2. The first kappa shape index (κ1) is 23.0. The standard InChI is InChI=1S/C26H32N8O/c1-19-10-15-33(22-18-21(30-31-26(22)27)20-6-2-3-7-23(20)35)16-17-34(19)25-9-11-28-24(29-25)8-4-12-32-13-5-14-32/h2-4,6-9,11,18-19,35H,5,10,12-17H2,1H3,(H2,27,31)/b8-4+/t19-/m0/s1. The molecule has 2 aliphatic rings. The van der Waals surface area contributed by atoms with Crippen molar-refractivity contribution >= 4 is 23.4 Å². The van der Waals surface area contributed by atoms with Gasteiger partial charge in [0.2, 0.25) is 0 Å². The molecule has 2 aliphatic heterocycles. The molecule has 35 heavy (non-hydrogen) atoms. The molecule has 0 amide bonds. The van der Waals surface area contributed by atoms with Gasteiger partial charge in [0.25, 0.3) is 0 Å². The lowest BCUT2D eigenvalue weighted by Crippen LogP contribution is -2.36. The number of anilines is 3. The maximum absolute atomic E-state index is 10.3. The Hall–Kier alpha value is -3.72. The van der Waals surface area contributed by atoms with Gasteiger partial charge in [0.1, 0.15) is 11.6 Å². The fraction of sp³-hybridized carbons (Fsp3) is 0.385. The minimum atomic E-state index is 0.173. The lowest BCUT2D eigenvalue weighted by Gasteiger charge is -2.29. The molecule has 0 aliphatic carbocycles. The van der Waals surface area contributed by atoms with Gasteiger partial charge in [-0.05, 0) is 63.2 Å². The highest BCUT2D eigenvalue weighted by atomic mass is 16.3. The number of aromatic hydroxyl groups is 1. The summed E-state index contributed by atoms with van der Waals surface area (Å²) in [5.74, 6) is 2.24. The van der Waals surface area contributed by atoms with Crippen LogP contribution in [0.5, 0.6) is 5.75 Å². The van der Waals surface area contributed by atoms with Crippen molar-refractivity contribution in [2.75, 3.05) is 54.8 Å². The van der Waals surface area contributed by atoms with Crippen molar-refractivity contribution in [3.63, 3.8) is 0 Å². The molecule has 0 spiro atoms. The Morgan fingerprint density at radius 3 is 2.74 bits per heavy atom. The Morgan fingerprint density at radius 1 is 1.09 bits per heavy atom. The van der Waals surface area contributed by atoms with Crippen molar-refractivity contribution in [2.24, 2.45) is 0 Å². The van der Waals surface area contributed by atoms with Crippen molar-refractivity contribution in [1.29, 1.82) is 0 Å². The summed E-state index contributed by atoms with van der Waals surface area (Å²) in [5.41, 5.74) is 8.33. The average molecular weight is 473 g/mol. The Balaban J connectivity index is 1.32. The third kappa shape index (κ3) is 5.19. The van der Waals surface area contributed by atoms with E-state index in [4.69, 9.17) is 10.7 Å². The number of nitrogens with two attached hydrogens (primary N) is 1. The van der Waals surface area contributed by atoms with Crippen LogP contribution in [0.1, 0.15) is 25.6 Å². The van der Waals surface area contributed by atoms with E-state index in [0.29, 0.717) is 23.1 Å². The molecule has 2 fully saturated rings. The van der Waals surface area contributed by atoms with Gasteiger partial charge in [-0.2, -0.15) is 0 Å². The third-order valence-corrected chi connectivity index (χ3v) is 6.81.